The van der Waals surface area contributed by atoms with Gasteiger partial charge in [-0.15, -0.1) is 0 Å². The van der Waals surface area contributed by atoms with Crippen LogP contribution in [-0.4, -0.2) is 36.3 Å². The molecule has 1 atom stereocenters. The van der Waals surface area contributed by atoms with Crippen molar-refractivity contribution in [2.24, 2.45) is 11.3 Å². The first-order valence-corrected chi connectivity index (χ1v) is 7.27. The van der Waals surface area contributed by atoms with Gasteiger partial charge in [0.2, 0.25) is 11.8 Å². The quantitative estimate of drug-likeness (QED) is 0.752. The number of amides is 2. The van der Waals surface area contributed by atoms with Crippen LogP contribution < -0.4 is 5.32 Å². The van der Waals surface area contributed by atoms with Gasteiger partial charge in [-0.05, 0) is 38.3 Å². The van der Waals surface area contributed by atoms with E-state index < -0.39 is 0 Å². The molecule has 1 unspecified atom stereocenters. The molecular weight excluding hydrogens is 228 g/mol. The van der Waals surface area contributed by atoms with Crippen molar-refractivity contribution in [3.63, 3.8) is 0 Å². The maximum Gasteiger partial charge on any atom is 0.235 e. The molecule has 0 radical (unpaired) electrons. The van der Waals surface area contributed by atoms with Gasteiger partial charge in [-0.1, -0.05) is 19.3 Å². The third-order valence-electron chi connectivity index (χ3n) is 4.90. The third-order valence-corrected chi connectivity index (χ3v) is 4.90. The van der Waals surface area contributed by atoms with E-state index in [2.05, 4.69) is 5.32 Å². The minimum atomic E-state index is -0.304. The van der Waals surface area contributed by atoms with E-state index in [1.165, 1.54) is 6.42 Å². The Morgan fingerprint density at radius 2 is 2.00 bits per heavy atom. The summed E-state index contributed by atoms with van der Waals surface area (Å²) in [5.41, 5.74) is -0.304. The lowest BCUT2D eigenvalue weighted by atomic mass is 9.73. The van der Waals surface area contributed by atoms with Crippen molar-refractivity contribution >= 4 is 11.8 Å². The van der Waals surface area contributed by atoms with Crippen LogP contribution in [0.3, 0.4) is 0 Å². The van der Waals surface area contributed by atoms with E-state index in [1.807, 2.05) is 0 Å². The number of hydrogen-bond donors (Lipinski definition) is 1. The molecule has 0 aromatic heterocycles. The van der Waals surface area contributed by atoms with Gasteiger partial charge in [0.15, 0.2) is 0 Å². The summed E-state index contributed by atoms with van der Waals surface area (Å²) in [5, 5.41) is 3.30. The van der Waals surface area contributed by atoms with Crippen LogP contribution in [0.2, 0.25) is 0 Å². The molecule has 0 aromatic carbocycles. The predicted octanol–water partition coefficient (Wildman–Crippen LogP) is 1.31. The largest absolute Gasteiger partial charge is 0.316 e. The van der Waals surface area contributed by atoms with Crippen molar-refractivity contribution in [3.8, 4) is 0 Å². The highest BCUT2D eigenvalue weighted by atomic mass is 16.2. The number of nitrogens with one attached hydrogen (secondary N) is 1. The van der Waals surface area contributed by atoms with E-state index in [4.69, 9.17) is 0 Å². The summed E-state index contributed by atoms with van der Waals surface area (Å²) in [7, 11) is 0. The Kier molecular flexibility index (Phi) is 3.14. The van der Waals surface area contributed by atoms with E-state index in [0.29, 0.717) is 18.9 Å². The van der Waals surface area contributed by atoms with Crippen LogP contribution in [-0.2, 0) is 9.59 Å². The Morgan fingerprint density at radius 3 is 2.67 bits per heavy atom. The summed E-state index contributed by atoms with van der Waals surface area (Å²) < 4.78 is 0. The Hall–Kier alpha value is -0.900. The lowest BCUT2D eigenvalue weighted by molar-refractivity contribution is -0.142. The molecule has 3 rings (SSSR count). The minimum Gasteiger partial charge on any atom is -0.316 e. The van der Waals surface area contributed by atoms with E-state index in [9.17, 15) is 9.59 Å². The molecule has 1 spiro atoms. The van der Waals surface area contributed by atoms with Gasteiger partial charge >= 0.3 is 0 Å². The summed E-state index contributed by atoms with van der Waals surface area (Å²) in [6, 6.07) is 0. The summed E-state index contributed by atoms with van der Waals surface area (Å²) >= 11 is 0. The summed E-state index contributed by atoms with van der Waals surface area (Å²) in [6.07, 6.45) is 6.86. The van der Waals surface area contributed by atoms with Crippen molar-refractivity contribution in [2.75, 3.05) is 19.6 Å². The van der Waals surface area contributed by atoms with Gasteiger partial charge in [-0.25, -0.2) is 0 Å². The number of rotatable bonds is 2. The van der Waals surface area contributed by atoms with Crippen LogP contribution in [0.15, 0.2) is 0 Å². The van der Waals surface area contributed by atoms with E-state index in [-0.39, 0.29) is 17.2 Å². The zero-order valence-corrected chi connectivity index (χ0v) is 10.9. The number of nitrogens with zero attached hydrogens (tertiary/aromatic N) is 1. The van der Waals surface area contributed by atoms with Gasteiger partial charge in [0, 0.05) is 13.0 Å². The number of carbonyl (C=O) groups excluding carboxylic acids is 2. The van der Waals surface area contributed by atoms with E-state index in [1.54, 1.807) is 4.90 Å². The van der Waals surface area contributed by atoms with Gasteiger partial charge in [-0.2, -0.15) is 0 Å². The molecule has 0 bridgehead atoms. The zero-order valence-electron chi connectivity index (χ0n) is 10.9. The average molecular weight is 250 g/mol. The summed E-state index contributed by atoms with van der Waals surface area (Å²) in [5.74, 6) is 0.685. The fraction of sp³-hybridized carbons (Fsp3) is 0.857. The van der Waals surface area contributed by atoms with Crippen molar-refractivity contribution < 1.29 is 9.59 Å². The molecule has 2 saturated heterocycles. The molecule has 1 N–H and O–H groups in total. The molecule has 1 aliphatic carbocycles. The normalized spacial score (nSPS) is 31.6. The molecule has 3 fully saturated rings. The summed E-state index contributed by atoms with van der Waals surface area (Å²) in [4.78, 5) is 26.3. The first-order chi connectivity index (χ1) is 8.71. The van der Waals surface area contributed by atoms with Crippen LogP contribution in [0.5, 0.6) is 0 Å². The second-order valence-corrected chi connectivity index (χ2v) is 6.19. The number of carbonyl (C=O) groups is 2. The topological polar surface area (TPSA) is 49.4 Å². The van der Waals surface area contributed by atoms with E-state index in [0.717, 1.165) is 45.2 Å². The highest BCUT2D eigenvalue weighted by Gasteiger charge is 2.51. The van der Waals surface area contributed by atoms with Crippen LogP contribution in [0.4, 0.5) is 0 Å². The zero-order chi connectivity index (χ0) is 12.6. The molecule has 1 saturated carbocycles. The molecule has 4 heteroatoms. The third kappa shape index (κ3) is 1.96. The van der Waals surface area contributed by atoms with E-state index >= 15 is 0 Å². The standard InChI is InChI=1S/C14H22N2O2/c17-12-8-14(5-2-1-3-6-14)13(18)16(12)10-11-4-7-15-9-11/h11,15H,1-10H2. The first kappa shape index (κ1) is 12.2. The molecule has 4 nitrogen and oxygen atoms in total. The Morgan fingerprint density at radius 1 is 1.22 bits per heavy atom. The maximum atomic E-state index is 12.6. The van der Waals surface area contributed by atoms with Gasteiger partial charge in [0.05, 0.1) is 5.41 Å². The van der Waals surface area contributed by atoms with Crippen molar-refractivity contribution in [1.82, 2.24) is 10.2 Å². The lowest BCUT2D eigenvalue weighted by Crippen LogP contribution is -2.39. The minimum absolute atomic E-state index is 0.0776. The summed E-state index contributed by atoms with van der Waals surface area (Å²) in [6.45, 7) is 2.61. The molecule has 2 heterocycles. The number of likely N-dealkylation sites (tertiary alicyclic amines) is 1. The predicted molar refractivity (Wildman–Crippen MR) is 67.8 cm³/mol. The molecule has 0 aromatic rings. The Balaban J connectivity index is 1.71. The smallest absolute Gasteiger partial charge is 0.235 e. The molecule has 2 aliphatic heterocycles. The molecule has 2 amide bonds. The monoisotopic (exact) mass is 250 g/mol. The van der Waals surface area contributed by atoms with Crippen LogP contribution in [0.1, 0.15) is 44.9 Å². The highest BCUT2D eigenvalue weighted by Crippen LogP contribution is 2.45. The highest BCUT2D eigenvalue weighted by molar-refractivity contribution is 6.05. The van der Waals surface area contributed by atoms with Crippen molar-refractivity contribution in [3.05, 3.63) is 0 Å². The average Bonchev–Trinajstić information content (AvgIpc) is 2.95. The second-order valence-electron chi connectivity index (χ2n) is 6.19. The van der Waals surface area contributed by atoms with Crippen LogP contribution in [0, 0.1) is 11.3 Å². The van der Waals surface area contributed by atoms with Crippen molar-refractivity contribution in [2.45, 2.75) is 44.9 Å². The van der Waals surface area contributed by atoms with Gasteiger partial charge in [0.1, 0.15) is 0 Å². The molecular formula is C14H22N2O2. The lowest BCUT2D eigenvalue weighted by Gasteiger charge is -2.31. The van der Waals surface area contributed by atoms with Crippen LogP contribution in [0.25, 0.3) is 0 Å². The molecule has 18 heavy (non-hydrogen) atoms. The SMILES string of the molecule is O=C1CC2(CCCCC2)C(=O)N1CC1CCNC1. The first-order valence-electron chi connectivity index (χ1n) is 7.27. The number of hydrogen-bond acceptors (Lipinski definition) is 3. The fourth-order valence-electron chi connectivity index (χ4n) is 3.79. The molecule has 3 aliphatic rings. The van der Waals surface area contributed by atoms with Gasteiger partial charge in [0.25, 0.3) is 0 Å². The van der Waals surface area contributed by atoms with Crippen LogP contribution >= 0.6 is 0 Å². The Labute approximate surface area is 108 Å². The van der Waals surface area contributed by atoms with Gasteiger partial charge < -0.3 is 5.32 Å². The fourth-order valence-corrected chi connectivity index (χ4v) is 3.79. The second kappa shape index (κ2) is 4.65. The Bertz CT molecular complexity index is 355. The van der Waals surface area contributed by atoms with Gasteiger partial charge in [-0.3, -0.25) is 14.5 Å². The molecule has 100 valence electrons. The maximum absolute atomic E-state index is 12.6. The van der Waals surface area contributed by atoms with Crippen molar-refractivity contribution in [1.29, 1.82) is 0 Å². The number of imide groups is 1.